The fourth-order valence-corrected chi connectivity index (χ4v) is 2.92. The number of carbonyl (C=O) groups is 1. The Balaban J connectivity index is 2.34. The molecule has 0 heterocycles. The van der Waals surface area contributed by atoms with Crippen LogP contribution in [0.3, 0.4) is 0 Å². The van der Waals surface area contributed by atoms with Crippen LogP contribution in [-0.2, 0) is 4.79 Å². The van der Waals surface area contributed by atoms with E-state index in [1.54, 1.807) is 0 Å². The van der Waals surface area contributed by atoms with E-state index >= 15 is 0 Å². The molecule has 1 aliphatic rings. The second-order valence-electron chi connectivity index (χ2n) is 6.76. The first-order chi connectivity index (χ1) is 9.65. The van der Waals surface area contributed by atoms with Crippen molar-refractivity contribution in [2.75, 3.05) is 12.4 Å². The lowest BCUT2D eigenvalue weighted by Gasteiger charge is -2.30. The van der Waals surface area contributed by atoms with E-state index in [9.17, 15) is 18.0 Å². The lowest BCUT2D eigenvalue weighted by Crippen LogP contribution is -2.40. The van der Waals surface area contributed by atoms with E-state index in [0.29, 0.717) is 25.3 Å². The molecule has 0 aromatic heterocycles. The third-order valence-corrected chi connectivity index (χ3v) is 4.56. The molecule has 0 saturated heterocycles. The second kappa shape index (κ2) is 7.70. The zero-order valence-corrected chi connectivity index (χ0v) is 13.5. The van der Waals surface area contributed by atoms with Crippen LogP contribution >= 0.6 is 11.6 Å². The van der Waals surface area contributed by atoms with Crippen molar-refractivity contribution in [2.24, 2.45) is 17.3 Å². The van der Waals surface area contributed by atoms with Crippen molar-refractivity contribution in [2.45, 2.75) is 58.5 Å². The minimum absolute atomic E-state index is 0.0340. The lowest BCUT2D eigenvalue weighted by molar-refractivity contribution is -0.184. The van der Waals surface area contributed by atoms with E-state index in [1.807, 2.05) is 0 Å². The number of rotatable bonds is 6. The van der Waals surface area contributed by atoms with Crippen LogP contribution in [0.1, 0.15) is 52.4 Å². The molecule has 6 heteroatoms. The Hall–Kier alpha value is -0.450. The van der Waals surface area contributed by atoms with Gasteiger partial charge in [0.25, 0.3) is 0 Å². The normalized spacial score (nSPS) is 23.9. The Kier molecular flexibility index (Phi) is 6.82. The monoisotopic (exact) mass is 327 g/mol. The molecule has 124 valence electrons. The molecule has 0 aromatic carbocycles. The van der Waals surface area contributed by atoms with Gasteiger partial charge in [0.2, 0.25) is 5.91 Å². The maximum Gasteiger partial charge on any atom is 0.391 e. The smallest absolute Gasteiger partial charge is 0.355 e. The van der Waals surface area contributed by atoms with Gasteiger partial charge in [-0.1, -0.05) is 13.8 Å². The molecular formula is C15H25ClF3NO. The highest BCUT2D eigenvalue weighted by atomic mass is 35.5. The fraction of sp³-hybridized carbons (Fsp3) is 0.933. The molecule has 0 aliphatic heterocycles. The van der Waals surface area contributed by atoms with Crippen LogP contribution < -0.4 is 5.32 Å². The minimum Gasteiger partial charge on any atom is -0.355 e. The Morgan fingerprint density at radius 2 is 1.76 bits per heavy atom. The summed E-state index contributed by atoms with van der Waals surface area (Å²) in [5, 5.41) is 2.89. The van der Waals surface area contributed by atoms with E-state index in [2.05, 4.69) is 19.2 Å². The first-order valence-corrected chi connectivity index (χ1v) is 8.09. The van der Waals surface area contributed by atoms with Gasteiger partial charge in [0.15, 0.2) is 0 Å². The third kappa shape index (κ3) is 6.45. The average molecular weight is 328 g/mol. The van der Waals surface area contributed by atoms with Crippen molar-refractivity contribution in [1.82, 2.24) is 5.32 Å². The van der Waals surface area contributed by atoms with Gasteiger partial charge < -0.3 is 5.32 Å². The number of halogens is 4. The first kappa shape index (κ1) is 18.6. The molecule has 0 unspecified atom stereocenters. The third-order valence-electron chi connectivity index (χ3n) is 4.29. The molecule has 2 nitrogen and oxygen atoms in total. The second-order valence-corrected chi connectivity index (χ2v) is 7.14. The van der Waals surface area contributed by atoms with Crippen LogP contribution in [0.2, 0.25) is 0 Å². The SMILES string of the molecule is CC(C)(CCCCl)CNC(=O)C1CCC(C(F)(F)F)CC1. The molecular weight excluding hydrogens is 303 g/mol. The highest BCUT2D eigenvalue weighted by Crippen LogP contribution is 2.39. The molecule has 1 amide bonds. The van der Waals surface area contributed by atoms with Gasteiger partial charge in [0.1, 0.15) is 0 Å². The average Bonchev–Trinajstić information content (AvgIpc) is 2.42. The topological polar surface area (TPSA) is 29.1 Å². The van der Waals surface area contributed by atoms with E-state index in [0.717, 1.165) is 12.8 Å². The fourth-order valence-electron chi connectivity index (χ4n) is 2.79. The summed E-state index contributed by atoms with van der Waals surface area (Å²) in [7, 11) is 0. The predicted molar refractivity (Wildman–Crippen MR) is 78.2 cm³/mol. The standard InChI is InChI=1S/C15H25ClF3NO/c1-14(2,8-3-9-16)10-20-13(21)11-4-6-12(7-5-11)15(17,18)19/h11-12H,3-10H2,1-2H3,(H,20,21). The summed E-state index contributed by atoms with van der Waals surface area (Å²) in [4.78, 5) is 12.1. The highest BCUT2D eigenvalue weighted by Gasteiger charge is 2.42. The Labute approximate surface area is 129 Å². The van der Waals surface area contributed by atoms with Crippen LogP contribution in [0.25, 0.3) is 0 Å². The first-order valence-electron chi connectivity index (χ1n) is 7.56. The number of hydrogen-bond acceptors (Lipinski definition) is 1. The van der Waals surface area contributed by atoms with Gasteiger partial charge in [0, 0.05) is 18.3 Å². The van der Waals surface area contributed by atoms with E-state index in [1.165, 1.54) is 0 Å². The van der Waals surface area contributed by atoms with Crippen LogP contribution in [0, 0.1) is 17.3 Å². The van der Waals surface area contributed by atoms with E-state index < -0.39 is 12.1 Å². The summed E-state index contributed by atoms with van der Waals surface area (Å²) < 4.78 is 37.7. The van der Waals surface area contributed by atoms with Crippen molar-refractivity contribution in [3.63, 3.8) is 0 Å². The van der Waals surface area contributed by atoms with Crippen LogP contribution in [0.15, 0.2) is 0 Å². The number of amides is 1. The van der Waals surface area contributed by atoms with Crippen molar-refractivity contribution in [3.8, 4) is 0 Å². The summed E-state index contributed by atoms with van der Waals surface area (Å²) in [6.45, 7) is 4.66. The molecule has 0 bridgehead atoms. The number of carbonyl (C=O) groups excluding carboxylic acids is 1. The lowest BCUT2D eigenvalue weighted by atomic mass is 9.81. The minimum atomic E-state index is -4.12. The molecule has 1 aliphatic carbocycles. The van der Waals surface area contributed by atoms with Crippen LogP contribution in [-0.4, -0.2) is 24.5 Å². The summed E-state index contributed by atoms with van der Waals surface area (Å²) in [6.07, 6.45) is -1.52. The van der Waals surface area contributed by atoms with Gasteiger partial charge in [-0.25, -0.2) is 0 Å². The van der Waals surface area contributed by atoms with Gasteiger partial charge in [-0.3, -0.25) is 4.79 Å². The zero-order valence-electron chi connectivity index (χ0n) is 12.7. The molecule has 0 radical (unpaired) electrons. The Bertz CT molecular complexity index is 336. The van der Waals surface area contributed by atoms with Gasteiger partial charge in [-0.05, 0) is 43.9 Å². The van der Waals surface area contributed by atoms with Gasteiger partial charge in [0.05, 0.1) is 5.92 Å². The molecule has 0 spiro atoms. The summed E-state index contributed by atoms with van der Waals surface area (Å²) in [5.41, 5.74) is -0.0340. The van der Waals surface area contributed by atoms with E-state index in [4.69, 9.17) is 11.6 Å². The van der Waals surface area contributed by atoms with Gasteiger partial charge in [-0.2, -0.15) is 13.2 Å². The molecule has 21 heavy (non-hydrogen) atoms. The predicted octanol–water partition coefficient (Wildman–Crippen LogP) is 4.52. The van der Waals surface area contributed by atoms with E-state index in [-0.39, 0.29) is 30.1 Å². The molecule has 1 saturated carbocycles. The van der Waals surface area contributed by atoms with Gasteiger partial charge in [-0.15, -0.1) is 11.6 Å². The molecule has 0 atom stereocenters. The van der Waals surface area contributed by atoms with Crippen molar-refractivity contribution in [3.05, 3.63) is 0 Å². The molecule has 1 rings (SSSR count). The van der Waals surface area contributed by atoms with Gasteiger partial charge >= 0.3 is 6.18 Å². The van der Waals surface area contributed by atoms with Crippen molar-refractivity contribution >= 4 is 17.5 Å². The molecule has 0 aromatic rings. The zero-order chi connectivity index (χ0) is 16.1. The maximum atomic E-state index is 12.6. The maximum absolute atomic E-state index is 12.6. The quantitative estimate of drug-likeness (QED) is 0.714. The molecule has 1 N–H and O–H groups in total. The van der Waals surface area contributed by atoms with Crippen molar-refractivity contribution in [1.29, 1.82) is 0 Å². The Morgan fingerprint density at radius 1 is 1.19 bits per heavy atom. The molecule has 1 fully saturated rings. The largest absolute Gasteiger partial charge is 0.391 e. The number of hydrogen-bond donors (Lipinski definition) is 1. The summed E-state index contributed by atoms with van der Waals surface area (Å²) in [6, 6.07) is 0. The van der Waals surface area contributed by atoms with Crippen LogP contribution in [0.5, 0.6) is 0 Å². The number of alkyl halides is 4. The highest BCUT2D eigenvalue weighted by molar-refractivity contribution is 6.17. The van der Waals surface area contributed by atoms with Crippen molar-refractivity contribution < 1.29 is 18.0 Å². The summed E-state index contributed by atoms with van der Waals surface area (Å²) >= 11 is 5.66. The Morgan fingerprint density at radius 3 is 2.24 bits per heavy atom. The summed E-state index contributed by atoms with van der Waals surface area (Å²) in [5.74, 6) is -1.01. The van der Waals surface area contributed by atoms with Crippen LogP contribution in [0.4, 0.5) is 13.2 Å². The number of nitrogens with one attached hydrogen (secondary N) is 1.